The molecular weight excluding hydrogens is 268 g/mol. The lowest BCUT2D eigenvalue weighted by Crippen LogP contribution is -2.29. The van der Waals surface area contributed by atoms with Crippen molar-refractivity contribution in [3.05, 3.63) is 17.5 Å². The van der Waals surface area contributed by atoms with Gasteiger partial charge in [0.05, 0.1) is 6.61 Å². The van der Waals surface area contributed by atoms with Crippen molar-refractivity contribution in [2.75, 3.05) is 26.3 Å². The molecule has 1 aromatic rings. The third-order valence-electron chi connectivity index (χ3n) is 3.33. The fraction of sp³-hybridized carbons (Fsp3) is 0.692. The molecule has 0 aromatic carbocycles. The van der Waals surface area contributed by atoms with Gasteiger partial charge in [0.15, 0.2) is 5.69 Å². The van der Waals surface area contributed by atoms with Gasteiger partial charge in [-0.2, -0.15) is 5.10 Å². The van der Waals surface area contributed by atoms with Crippen molar-refractivity contribution in [1.82, 2.24) is 15.1 Å². The molecule has 0 aliphatic carbocycles. The molecule has 2 rings (SSSR count). The van der Waals surface area contributed by atoms with E-state index in [4.69, 9.17) is 4.74 Å². The molecule has 7 heteroatoms. The first-order chi connectivity index (χ1) is 9.61. The van der Waals surface area contributed by atoms with Gasteiger partial charge in [-0.3, -0.25) is 9.89 Å². The Labute approximate surface area is 116 Å². The van der Waals surface area contributed by atoms with E-state index in [1.807, 2.05) is 6.92 Å². The molecular formula is C13H19F2N3O2. The van der Waals surface area contributed by atoms with Crippen molar-refractivity contribution in [2.24, 2.45) is 5.92 Å². The summed E-state index contributed by atoms with van der Waals surface area (Å²) in [5, 5.41) is 5.85. The zero-order chi connectivity index (χ0) is 14.5. The van der Waals surface area contributed by atoms with Crippen LogP contribution in [0.2, 0.25) is 0 Å². The van der Waals surface area contributed by atoms with Crippen LogP contribution in [-0.4, -0.2) is 47.3 Å². The Morgan fingerprint density at radius 2 is 2.45 bits per heavy atom. The molecule has 1 aliphatic rings. The molecule has 1 atom stereocenters. The van der Waals surface area contributed by atoms with Gasteiger partial charge in [0.2, 0.25) is 0 Å². The number of amides is 1. The standard InChI is InChI=1S/C13H19F2N3O2/c1-2-5-20-8-9-3-4-18(7-9)13(19)11-6-10(12(14)15)16-17-11/h6,9,12H,2-5,7-8H2,1H3,(H,16,17)/t9-/m0/s1. The topological polar surface area (TPSA) is 58.2 Å². The fourth-order valence-corrected chi connectivity index (χ4v) is 2.27. The highest BCUT2D eigenvalue weighted by Gasteiger charge is 2.28. The van der Waals surface area contributed by atoms with E-state index in [-0.39, 0.29) is 17.3 Å². The highest BCUT2D eigenvalue weighted by molar-refractivity contribution is 5.92. The number of halogens is 2. The summed E-state index contributed by atoms with van der Waals surface area (Å²) in [5.41, 5.74) is -0.272. The number of hydrogen-bond donors (Lipinski definition) is 1. The number of rotatable bonds is 6. The minimum Gasteiger partial charge on any atom is -0.381 e. The average molecular weight is 287 g/mol. The molecule has 5 nitrogen and oxygen atoms in total. The predicted octanol–water partition coefficient (Wildman–Crippen LogP) is 2.24. The summed E-state index contributed by atoms with van der Waals surface area (Å²) in [7, 11) is 0. The molecule has 0 spiro atoms. The summed E-state index contributed by atoms with van der Waals surface area (Å²) in [5.74, 6) is 0.0187. The van der Waals surface area contributed by atoms with Gasteiger partial charge in [0, 0.05) is 25.6 Å². The molecule has 1 saturated heterocycles. The second-order valence-corrected chi connectivity index (χ2v) is 4.99. The van der Waals surface area contributed by atoms with Crippen molar-refractivity contribution >= 4 is 5.91 Å². The van der Waals surface area contributed by atoms with Gasteiger partial charge in [-0.25, -0.2) is 8.78 Å². The zero-order valence-electron chi connectivity index (χ0n) is 11.4. The summed E-state index contributed by atoms with van der Waals surface area (Å²) in [6.07, 6.45) is -0.793. The van der Waals surface area contributed by atoms with Crippen LogP contribution in [-0.2, 0) is 4.74 Å². The number of alkyl halides is 2. The lowest BCUT2D eigenvalue weighted by Gasteiger charge is -2.15. The van der Waals surface area contributed by atoms with Crippen LogP contribution < -0.4 is 0 Å². The predicted molar refractivity (Wildman–Crippen MR) is 68.7 cm³/mol. The number of aromatic amines is 1. The monoisotopic (exact) mass is 287 g/mol. The van der Waals surface area contributed by atoms with Crippen molar-refractivity contribution in [3.8, 4) is 0 Å². The highest BCUT2D eigenvalue weighted by atomic mass is 19.3. The summed E-state index contributed by atoms with van der Waals surface area (Å²) < 4.78 is 30.4. The van der Waals surface area contributed by atoms with Gasteiger partial charge in [0.25, 0.3) is 12.3 Å². The van der Waals surface area contributed by atoms with Crippen LogP contribution in [0.4, 0.5) is 8.78 Å². The Kier molecular flexibility index (Phi) is 5.05. The molecule has 1 N–H and O–H groups in total. The van der Waals surface area contributed by atoms with E-state index in [9.17, 15) is 13.6 Å². The molecule has 112 valence electrons. The van der Waals surface area contributed by atoms with E-state index in [0.29, 0.717) is 25.6 Å². The van der Waals surface area contributed by atoms with Crippen LogP contribution >= 0.6 is 0 Å². The van der Waals surface area contributed by atoms with E-state index in [2.05, 4.69) is 10.2 Å². The maximum absolute atomic E-state index is 12.4. The van der Waals surface area contributed by atoms with E-state index in [0.717, 1.165) is 25.5 Å². The Hall–Kier alpha value is -1.50. The second kappa shape index (κ2) is 6.78. The maximum Gasteiger partial charge on any atom is 0.279 e. The molecule has 1 amide bonds. The Morgan fingerprint density at radius 3 is 3.10 bits per heavy atom. The third kappa shape index (κ3) is 3.53. The first kappa shape index (κ1) is 14.9. The van der Waals surface area contributed by atoms with Crippen LogP contribution in [0.15, 0.2) is 6.07 Å². The number of aromatic nitrogens is 2. The number of ether oxygens (including phenoxy) is 1. The van der Waals surface area contributed by atoms with Gasteiger partial charge in [-0.1, -0.05) is 6.92 Å². The Bertz CT molecular complexity index is 451. The van der Waals surface area contributed by atoms with E-state index in [1.165, 1.54) is 0 Å². The van der Waals surface area contributed by atoms with Crippen molar-refractivity contribution in [2.45, 2.75) is 26.2 Å². The quantitative estimate of drug-likeness (QED) is 0.816. The number of nitrogens with zero attached hydrogens (tertiary/aromatic N) is 2. The molecule has 1 aromatic heterocycles. The average Bonchev–Trinajstić information content (AvgIpc) is 3.07. The SMILES string of the molecule is CCCOC[C@H]1CCN(C(=O)c2cc(C(F)F)[nH]n2)C1. The van der Waals surface area contributed by atoms with Gasteiger partial charge in [-0.05, 0) is 18.9 Å². The van der Waals surface area contributed by atoms with Crippen LogP contribution in [0.1, 0.15) is 42.4 Å². The largest absolute Gasteiger partial charge is 0.381 e. The first-order valence-corrected chi connectivity index (χ1v) is 6.82. The van der Waals surface area contributed by atoms with Crippen LogP contribution in [0.3, 0.4) is 0 Å². The van der Waals surface area contributed by atoms with Crippen LogP contribution in [0, 0.1) is 5.92 Å². The number of carbonyl (C=O) groups excluding carboxylic acids is 1. The van der Waals surface area contributed by atoms with Gasteiger partial charge in [-0.15, -0.1) is 0 Å². The Morgan fingerprint density at radius 1 is 1.65 bits per heavy atom. The number of nitrogens with one attached hydrogen (secondary N) is 1. The smallest absolute Gasteiger partial charge is 0.279 e. The summed E-state index contributed by atoms with van der Waals surface area (Å²) >= 11 is 0. The maximum atomic E-state index is 12.4. The van der Waals surface area contributed by atoms with E-state index in [1.54, 1.807) is 4.90 Å². The summed E-state index contributed by atoms with van der Waals surface area (Å²) in [6, 6.07) is 1.12. The normalized spacial score (nSPS) is 19.0. The number of carbonyl (C=O) groups is 1. The molecule has 0 bridgehead atoms. The van der Waals surface area contributed by atoms with Crippen LogP contribution in [0.25, 0.3) is 0 Å². The third-order valence-corrected chi connectivity index (χ3v) is 3.33. The van der Waals surface area contributed by atoms with E-state index < -0.39 is 6.43 Å². The van der Waals surface area contributed by atoms with Gasteiger partial charge >= 0.3 is 0 Å². The highest BCUT2D eigenvalue weighted by Crippen LogP contribution is 2.21. The second-order valence-electron chi connectivity index (χ2n) is 4.99. The van der Waals surface area contributed by atoms with Gasteiger partial charge in [0.1, 0.15) is 5.69 Å². The minimum absolute atomic E-state index is 0.0513. The van der Waals surface area contributed by atoms with Crippen molar-refractivity contribution in [1.29, 1.82) is 0 Å². The summed E-state index contributed by atoms with van der Waals surface area (Å²) in [4.78, 5) is 13.8. The lowest BCUT2D eigenvalue weighted by atomic mass is 10.1. The first-order valence-electron chi connectivity index (χ1n) is 6.82. The molecule has 0 radical (unpaired) electrons. The van der Waals surface area contributed by atoms with Crippen LogP contribution in [0.5, 0.6) is 0 Å². The fourth-order valence-electron chi connectivity index (χ4n) is 2.27. The minimum atomic E-state index is -2.64. The number of likely N-dealkylation sites (tertiary alicyclic amines) is 1. The lowest BCUT2D eigenvalue weighted by molar-refractivity contribution is 0.0749. The van der Waals surface area contributed by atoms with Gasteiger partial charge < -0.3 is 9.64 Å². The molecule has 20 heavy (non-hydrogen) atoms. The van der Waals surface area contributed by atoms with E-state index >= 15 is 0 Å². The molecule has 0 saturated carbocycles. The number of hydrogen-bond acceptors (Lipinski definition) is 3. The number of H-pyrrole nitrogens is 1. The molecule has 1 aliphatic heterocycles. The Balaban J connectivity index is 1.87. The summed E-state index contributed by atoms with van der Waals surface area (Å²) in [6.45, 7) is 4.62. The molecule has 0 unspecified atom stereocenters. The van der Waals surface area contributed by atoms with Crippen molar-refractivity contribution in [3.63, 3.8) is 0 Å². The zero-order valence-corrected chi connectivity index (χ0v) is 11.4. The molecule has 1 fully saturated rings. The van der Waals surface area contributed by atoms with Crippen molar-refractivity contribution < 1.29 is 18.3 Å². The molecule has 2 heterocycles.